The summed E-state index contributed by atoms with van der Waals surface area (Å²) in [5.74, 6) is -3.94. The lowest BCUT2D eigenvalue weighted by molar-refractivity contribution is -0.120. The third-order valence-corrected chi connectivity index (χ3v) is 6.05. The van der Waals surface area contributed by atoms with Crippen molar-refractivity contribution >= 4 is 34.8 Å². The Morgan fingerprint density at radius 1 is 1.39 bits per heavy atom. The molecule has 1 unspecified atom stereocenters. The lowest BCUT2D eigenvalue weighted by Gasteiger charge is -2.39. The highest BCUT2D eigenvalue weighted by Crippen LogP contribution is 2.35. The van der Waals surface area contributed by atoms with Crippen molar-refractivity contribution in [3.63, 3.8) is 0 Å². The minimum atomic E-state index is -2.79. The maximum absolute atomic E-state index is 13.6. The first-order valence-electron chi connectivity index (χ1n) is 9.51. The molecule has 2 aliphatic heterocycles. The molecule has 1 saturated heterocycles. The number of piperidine rings is 1. The number of thioether (sulfide) groups is 1. The minimum Gasteiger partial charge on any atom is -0.354 e. The predicted molar refractivity (Wildman–Crippen MR) is 114 cm³/mol. The molecule has 0 radical (unpaired) electrons. The molecule has 1 amide bonds. The summed E-state index contributed by atoms with van der Waals surface area (Å²) in [6, 6.07) is -0.682. The third kappa shape index (κ3) is 8.42. The number of carbonyl (C=O) groups excluding carboxylic acids is 1. The highest BCUT2D eigenvalue weighted by molar-refractivity contribution is 8.15. The van der Waals surface area contributed by atoms with Gasteiger partial charge in [-0.05, 0) is 12.2 Å². The van der Waals surface area contributed by atoms with E-state index >= 15 is 0 Å². The summed E-state index contributed by atoms with van der Waals surface area (Å²) in [5, 5.41) is 2.78. The number of aliphatic imine (C=N–C) groups is 1. The Kier molecular flexibility index (Phi) is 9.77. The molecule has 0 aromatic rings. The maximum Gasteiger partial charge on any atom is 0.262 e. The summed E-state index contributed by atoms with van der Waals surface area (Å²) in [4.78, 5) is 18.1. The quantitative estimate of drug-likeness (QED) is 0.369. The van der Waals surface area contributed by atoms with E-state index in [1.807, 2.05) is 0 Å². The van der Waals surface area contributed by atoms with Crippen LogP contribution in [0.2, 0.25) is 0 Å². The summed E-state index contributed by atoms with van der Waals surface area (Å²) >= 11 is 6.96. The average Bonchev–Trinajstić information content (AvgIpc) is 2.69. The lowest BCUT2D eigenvalue weighted by Crippen LogP contribution is -2.50. The summed E-state index contributed by atoms with van der Waals surface area (Å²) < 4.78 is 66.8. The molecule has 2 rings (SSSR count). The number of hydrogen-bond acceptors (Lipinski definition) is 4. The van der Waals surface area contributed by atoms with Crippen molar-refractivity contribution < 1.29 is 26.7 Å². The van der Waals surface area contributed by atoms with Crippen molar-refractivity contribution in [1.29, 1.82) is 0 Å². The van der Waals surface area contributed by atoms with Gasteiger partial charge in [0.2, 0.25) is 5.91 Å². The van der Waals surface area contributed by atoms with Crippen LogP contribution in [0, 0.1) is 0 Å². The van der Waals surface area contributed by atoms with Crippen molar-refractivity contribution in [3.05, 3.63) is 46.1 Å². The highest BCUT2D eigenvalue weighted by atomic mass is 35.5. The number of alkyl halides is 4. The van der Waals surface area contributed by atoms with Crippen LogP contribution in [0.25, 0.3) is 0 Å². The molecule has 2 heterocycles. The second-order valence-electron chi connectivity index (χ2n) is 7.06. The summed E-state index contributed by atoms with van der Waals surface area (Å²) in [5.41, 5.74) is 1.28. The fourth-order valence-electron chi connectivity index (χ4n) is 3.15. The topological polar surface area (TPSA) is 44.7 Å². The number of hydrogen-bond donors (Lipinski definition) is 1. The molecule has 4 nitrogen and oxygen atoms in total. The van der Waals surface area contributed by atoms with E-state index in [0.717, 1.165) is 17.8 Å². The maximum atomic E-state index is 13.6. The smallest absolute Gasteiger partial charge is 0.262 e. The largest absolute Gasteiger partial charge is 0.354 e. The molecular formula is C20H23ClF5N3OS. The van der Waals surface area contributed by atoms with Gasteiger partial charge in [0, 0.05) is 48.0 Å². The van der Waals surface area contributed by atoms with E-state index in [1.165, 1.54) is 17.7 Å². The summed E-state index contributed by atoms with van der Waals surface area (Å²) in [6.45, 7) is 2.87. The van der Waals surface area contributed by atoms with Gasteiger partial charge in [0.15, 0.2) is 0 Å². The van der Waals surface area contributed by atoms with Crippen LogP contribution in [0.5, 0.6) is 0 Å². The van der Waals surface area contributed by atoms with Crippen LogP contribution in [0.4, 0.5) is 22.0 Å². The van der Waals surface area contributed by atoms with Crippen molar-refractivity contribution in [2.24, 2.45) is 4.99 Å². The normalized spacial score (nSPS) is 21.1. The standard InChI is InChI=1S/C20H23ClF5N3OS/c1-13(22)3-2-4-14(21)9-17(30)28-11-16(29-7-5-20(25,26)6-8-29)18-15(19(23)24)10-27-12-31-18/h2-4,12,16,19H,1,5-11H2,(H,28,30)/b3-2-,14-4+. The Morgan fingerprint density at radius 2 is 2.06 bits per heavy atom. The molecule has 1 atom stereocenters. The van der Waals surface area contributed by atoms with Crippen molar-refractivity contribution in [3.8, 4) is 0 Å². The second kappa shape index (κ2) is 11.8. The van der Waals surface area contributed by atoms with Crippen LogP contribution in [-0.4, -0.2) is 60.9 Å². The molecule has 0 aromatic carbocycles. The highest BCUT2D eigenvalue weighted by Gasteiger charge is 2.38. The molecule has 0 aromatic heterocycles. The van der Waals surface area contributed by atoms with Crippen LogP contribution < -0.4 is 5.32 Å². The summed E-state index contributed by atoms with van der Waals surface area (Å²) in [7, 11) is 0. The van der Waals surface area contributed by atoms with E-state index in [2.05, 4.69) is 16.9 Å². The summed E-state index contributed by atoms with van der Waals surface area (Å²) in [6.07, 6.45) is 0.00219. The van der Waals surface area contributed by atoms with Gasteiger partial charge in [0.05, 0.1) is 24.6 Å². The molecule has 0 aliphatic carbocycles. The molecule has 1 fully saturated rings. The zero-order valence-corrected chi connectivity index (χ0v) is 18.2. The number of nitrogens with one attached hydrogen (secondary N) is 1. The fourth-order valence-corrected chi connectivity index (χ4v) is 4.30. The van der Waals surface area contributed by atoms with Crippen molar-refractivity contribution in [2.75, 3.05) is 26.2 Å². The Bertz CT molecular complexity index is 788. The number of halogens is 6. The Labute approximate surface area is 187 Å². The Morgan fingerprint density at radius 3 is 2.68 bits per heavy atom. The van der Waals surface area contributed by atoms with E-state index in [-0.39, 0.29) is 56.0 Å². The first kappa shape index (κ1) is 25.6. The van der Waals surface area contributed by atoms with Gasteiger partial charge in [0.1, 0.15) is 5.83 Å². The average molecular weight is 484 g/mol. The lowest BCUT2D eigenvalue weighted by atomic mass is 10.0. The van der Waals surface area contributed by atoms with Gasteiger partial charge in [-0.25, -0.2) is 22.0 Å². The zero-order valence-electron chi connectivity index (χ0n) is 16.6. The minimum absolute atomic E-state index is 0.0177. The van der Waals surface area contributed by atoms with Gasteiger partial charge in [-0.2, -0.15) is 0 Å². The van der Waals surface area contributed by atoms with Gasteiger partial charge in [-0.1, -0.05) is 36.0 Å². The zero-order chi connectivity index (χ0) is 23.0. The van der Waals surface area contributed by atoms with Crippen LogP contribution in [0.15, 0.2) is 51.1 Å². The number of nitrogens with zero attached hydrogens (tertiary/aromatic N) is 2. The first-order valence-corrected chi connectivity index (χ1v) is 10.8. The van der Waals surface area contributed by atoms with Crippen LogP contribution in [-0.2, 0) is 4.79 Å². The molecule has 2 aliphatic rings. The molecular weight excluding hydrogens is 461 g/mol. The Balaban J connectivity index is 2.10. The van der Waals surface area contributed by atoms with E-state index < -0.39 is 30.1 Å². The van der Waals surface area contributed by atoms with Gasteiger partial charge in [0.25, 0.3) is 12.3 Å². The number of amides is 1. The first-order chi connectivity index (χ1) is 14.6. The second-order valence-corrected chi connectivity index (χ2v) is 8.43. The van der Waals surface area contributed by atoms with Crippen LogP contribution in [0.3, 0.4) is 0 Å². The number of rotatable bonds is 9. The molecule has 172 valence electrons. The third-order valence-electron chi connectivity index (χ3n) is 4.74. The van der Waals surface area contributed by atoms with Crippen molar-refractivity contribution in [2.45, 2.75) is 37.7 Å². The predicted octanol–water partition coefficient (Wildman–Crippen LogP) is 5.05. The molecule has 1 N–H and O–H groups in total. The number of likely N-dealkylation sites (tertiary alicyclic amines) is 1. The number of allylic oxidation sites excluding steroid dienone is 4. The van der Waals surface area contributed by atoms with E-state index in [0.29, 0.717) is 4.91 Å². The van der Waals surface area contributed by atoms with E-state index in [4.69, 9.17) is 11.6 Å². The van der Waals surface area contributed by atoms with Crippen LogP contribution in [0.1, 0.15) is 19.3 Å². The van der Waals surface area contributed by atoms with Gasteiger partial charge >= 0.3 is 0 Å². The molecule has 0 spiro atoms. The van der Waals surface area contributed by atoms with Crippen LogP contribution >= 0.6 is 23.4 Å². The number of carbonyl (C=O) groups is 1. The van der Waals surface area contributed by atoms with E-state index in [9.17, 15) is 26.7 Å². The van der Waals surface area contributed by atoms with E-state index in [1.54, 1.807) is 4.90 Å². The molecule has 11 heteroatoms. The fraction of sp³-hybridized carbons (Fsp3) is 0.500. The Hall–Kier alpha value is -1.65. The molecule has 0 bridgehead atoms. The van der Waals surface area contributed by atoms with Crippen molar-refractivity contribution in [1.82, 2.24) is 10.2 Å². The van der Waals surface area contributed by atoms with Gasteiger partial charge in [-0.15, -0.1) is 0 Å². The monoisotopic (exact) mass is 483 g/mol. The molecule has 31 heavy (non-hydrogen) atoms. The SMILES string of the molecule is C=C(F)/C=C\C=C(\Cl)CC(=O)NCC(C1=C(C(F)F)CN=CS1)N1CCC(F)(F)CC1. The molecule has 0 saturated carbocycles. The van der Waals surface area contributed by atoms with Gasteiger partial charge in [-0.3, -0.25) is 14.7 Å². The van der Waals surface area contributed by atoms with Gasteiger partial charge < -0.3 is 5.32 Å².